The first-order chi connectivity index (χ1) is 7.47. The largest absolute Gasteiger partial charge is 0.461 e. The fourth-order valence-electron chi connectivity index (χ4n) is 1.33. The number of ether oxygens (including phenoxy) is 1. The predicted octanol–water partition coefficient (Wildman–Crippen LogP) is 1.95. The van der Waals surface area contributed by atoms with Crippen LogP contribution in [0.5, 0.6) is 0 Å². The molecule has 1 rings (SSSR count). The first-order valence-electron chi connectivity index (χ1n) is 5.16. The Morgan fingerprint density at radius 2 is 2.25 bits per heavy atom. The third-order valence-corrected chi connectivity index (χ3v) is 2.30. The number of nitrogens with zero attached hydrogens (tertiary/aromatic N) is 2. The number of carbonyl (C=O) groups excluding carboxylic acids is 1. The summed E-state index contributed by atoms with van der Waals surface area (Å²) >= 11 is 5.92. The maximum Gasteiger partial charge on any atom is 0.358 e. The number of aromatic nitrogens is 2. The van der Waals surface area contributed by atoms with Crippen LogP contribution in [-0.4, -0.2) is 22.4 Å². The van der Waals surface area contributed by atoms with Crippen molar-refractivity contribution in [2.75, 3.05) is 12.3 Å². The molecule has 0 spiro atoms. The van der Waals surface area contributed by atoms with Gasteiger partial charge in [0.1, 0.15) is 5.02 Å². The van der Waals surface area contributed by atoms with Crippen LogP contribution in [0.3, 0.4) is 0 Å². The fourth-order valence-corrected chi connectivity index (χ4v) is 1.54. The molecule has 0 aliphatic rings. The van der Waals surface area contributed by atoms with Crippen LogP contribution in [0, 0.1) is 5.92 Å². The van der Waals surface area contributed by atoms with Gasteiger partial charge >= 0.3 is 5.97 Å². The van der Waals surface area contributed by atoms with Gasteiger partial charge in [-0.3, -0.25) is 4.68 Å². The highest BCUT2D eigenvalue weighted by Crippen LogP contribution is 2.24. The number of hydrogen-bond acceptors (Lipinski definition) is 4. The molecule has 0 saturated heterocycles. The molecular formula is C10H16ClN3O2. The van der Waals surface area contributed by atoms with E-state index < -0.39 is 5.97 Å². The lowest BCUT2D eigenvalue weighted by molar-refractivity contribution is 0.0511. The monoisotopic (exact) mass is 245 g/mol. The van der Waals surface area contributed by atoms with Gasteiger partial charge in [-0.15, -0.1) is 0 Å². The summed E-state index contributed by atoms with van der Waals surface area (Å²) < 4.78 is 6.40. The summed E-state index contributed by atoms with van der Waals surface area (Å²) in [6.45, 7) is 6.63. The van der Waals surface area contributed by atoms with Gasteiger partial charge in [-0.25, -0.2) is 4.79 Å². The van der Waals surface area contributed by atoms with Gasteiger partial charge in [-0.1, -0.05) is 25.4 Å². The molecule has 1 aromatic heterocycles. The molecule has 0 bridgehead atoms. The van der Waals surface area contributed by atoms with Crippen molar-refractivity contribution in [1.82, 2.24) is 9.78 Å². The number of nitrogens with two attached hydrogens (primary N) is 1. The third kappa shape index (κ3) is 2.66. The molecule has 0 unspecified atom stereocenters. The topological polar surface area (TPSA) is 70.1 Å². The molecule has 90 valence electrons. The molecule has 0 fully saturated rings. The summed E-state index contributed by atoms with van der Waals surface area (Å²) in [7, 11) is 0. The second-order valence-electron chi connectivity index (χ2n) is 3.84. The van der Waals surface area contributed by atoms with Crippen molar-refractivity contribution < 1.29 is 9.53 Å². The van der Waals surface area contributed by atoms with Crippen LogP contribution >= 0.6 is 11.6 Å². The average molecular weight is 246 g/mol. The van der Waals surface area contributed by atoms with E-state index in [0.29, 0.717) is 19.1 Å². The van der Waals surface area contributed by atoms with E-state index in [0.717, 1.165) is 0 Å². The predicted molar refractivity (Wildman–Crippen MR) is 62.4 cm³/mol. The maximum atomic E-state index is 11.7. The van der Waals surface area contributed by atoms with Crippen molar-refractivity contribution in [3.8, 4) is 0 Å². The molecule has 0 radical (unpaired) electrons. The van der Waals surface area contributed by atoms with Crippen LogP contribution in [0.4, 0.5) is 5.82 Å². The van der Waals surface area contributed by atoms with E-state index in [4.69, 9.17) is 22.1 Å². The average Bonchev–Trinajstić information content (AvgIpc) is 2.41. The Labute approximate surface area is 99.5 Å². The van der Waals surface area contributed by atoms with Crippen LogP contribution in [0.1, 0.15) is 31.3 Å². The second kappa shape index (κ2) is 5.21. The zero-order valence-electron chi connectivity index (χ0n) is 9.66. The van der Waals surface area contributed by atoms with E-state index in [2.05, 4.69) is 5.10 Å². The van der Waals surface area contributed by atoms with Gasteiger partial charge in [-0.05, 0) is 12.8 Å². The Kier molecular flexibility index (Phi) is 4.18. The molecule has 16 heavy (non-hydrogen) atoms. The minimum Gasteiger partial charge on any atom is -0.461 e. The first-order valence-corrected chi connectivity index (χ1v) is 5.54. The van der Waals surface area contributed by atoms with Crippen LogP contribution < -0.4 is 5.73 Å². The minimum atomic E-state index is -0.489. The Balaban J connectivity index is 3.08. The van der Waals surface area contributed by atoms with E-state index in [1.165, 1.54) is 4.68 Å². The van der Waals surface area contributed by atoms with Crippen LogP contribution in [0.2, 0.25) is 5.02 Å². The highest BCUT2D eigenvalue weighted by atomic mass is 35.5. The summed E-state index contributed by atoms with van der Waals surface area (Å²) in [6.07, 6.45) is 0. The Morgan fingerprint density at radius 1 is 1.62 bits per heavy atom. The normalized spacial score (nSPS) is 10.8. The quantitative estimate of drug-likeness (QED) is 0.824. The summed E-state index contributed by atoms with van der Waals surface area (Å²) in [4.78, 5) is 11.7. The second-order valence-corrected chi connectivity index (χ2v) is 4.22. The lowest BCUT2D eigenvalue weighted by Gasteiger charge is -2.08. The zero-order chi connectivity index (χ0) is 12.3. The van der Waals surface area contributed by atoms with E-state index in [9.17, 15) is 4.79 Å². The number of esters is 1. The number of rotatable bonds is 4. The lowest BCUT2D eigenvalue weighted by atomic mass is 10.2. The molecule has 2 N–H and O–H groups in total. The van der Waals surface area contributed by atoms with E-state index >= 15 is 0 Å². The van der Waals surface area contributed by atoms with Crippen molar-refractivity contribution in [1.29, 1.82) is 0 Å². The van der Waals surface area contributed by atoms with Gasteiger partial charge in [0, 0.05) is 6.54 Å². The number of nitrogen functional groups attached to an aromatic ring is 1. The van der Waals surface area contributed by atoms with Crippen LogP contribution in [0.25, 0.3) is 0 Å². The fraction of sp³-hybridized carbons (Fsp3) is 0.600. The molecule has 0 amide bonds. The van der Waals surface area contributed by atoms with Crippen LogP contribution in [0.15, 0.2) is 0 Å². The van der Waals surface area contributed by atoms with Gasteiger partial charge in [0.05, 0.1) is 6.61 Å². The SMILES string of the molecule is CCOC(=O)c1c(Cl)c(N)nn1CC(C)C. The standard InChI is InChI=1S/C10H16ClN3O2/c1-4-16-10(15)8-7(11)9(12)13-14(8)5-6(2)3/h6H,4-5H2,1-3H3,(H2,12,13). The lowest BCUT2D eigenvalue weighted by Crippen LogP contribution is -2.16. The molecular weight excluding hydrogens is 230 g/mol. The highest BCUT2D eigenvalue weighted by Gasteiger charge is 2.22. The zero-order valence-corrected chi connectivity index (χ0v) is 10.4. The third-order valence-electron chi connectivity index (χ3n) is 1.93. The van der Waals surface area contributed by atoms with Gasteiger partial charge in [0.25, 0.3) is 0 Å². The van der Waals surface area contributed by atoms with Gasteiger partial charge in [0.15, 0.2) is 11.5 Å². The molecule has 1 aromatic rings. The number of anilines is 1. The van der Waals surface area contributed by atoms with E-state index in [-0.39, 0.29) is 16.5 Å². The van der Waals surface area contributed by atoms with Crippen molar-refractivity contribution in [3.05, 3.63) is 10.7 Å². The molecule has 0 aromatic carbocycles. The summed E-state index contributed by atoms with van der Waals surface area (Å²) in [5.74, 6) is 0.00580. The van der Waals surface area contributed by atoms with Crippen molar-refractivity contribution in [2.24, 2.45) is 5.92 Å². The van der Waals surface area contributed by atoms with Crippen molar-refractivity contribution in [2.45, 2.75) is 27.3 Å². The minimum absolute atomic E-state index is 0.158. The molecule has 0 aliphatic heterocycles. The molecule has 0 aliphatic carbocycles. The summed E-state index contributed by atoms with van der Waals surface area (Å²) in [5.41, 5.74) is 5.81. The van der Waals surface area contributed by atoms with Gasteiger partial charge in [0.2, 0.25) is 0 Å². The number of carbonyl (C=O) groups is 1. The van der Waals surface area contributed by atoms with Crippen molar-refractivity contribution >= 4 is 23.4 Å². The smallest absolute Gasteiger partial charge is 0.358 e. The number of halogens is 1. The summed E-state index contributed by atoms with van der Waals surface area (Å²) in [5, 5.41) is 4.18. The first kappa shape index (κ1) is 12.8. The van der Waals surface area contributed by atoms with Gasteiger partial charge in [-0.2, -0.15) is 5.10 Å². The molecule has 0 atom stereocenters. The molecule has 5 nitrogen and oxygen atoms in total. The molecule has 1 heterocycles. The van der Waals surface area contributed by atoms with Crippen LogP contribution in [-0.2, 0) is 11.3 Å². The Bertz CT molecular complexity index is 388. The van der Waals surface area contributed by atoms with Crippen molar-refractivity contribution in [3.63, 3.8) is 0 Å². The summed E-state index contributed by atoms with van der Waals surface area (Å²) in [6, 6.07) is 0. The number of hydrogen-bond donors (Lipinski definition) is 1. The molecule has 6 heteroatoms. The maximum absolute atomic E-state index is 11.7. The van der Waals surface area contributed by atoms with E-state index in [1.807, 2.05) is 13.8 Å². The Hall–Kier alpha value is -1.23. The van der Waals surface area contributed by atoms with E-state index in [1.54, 1.807) is 6.92 Å². The molecule has 0 saturated carbocycles. The highest BCUT2D eigenvalue weighted by molar-refractivity contribution is 6.35. The Morgan fingerprint density at radius 3 is 2.75 bits per heavy atom. The van der Waals surface area contributed by atoms with Gasteiger partial charge < -0.3 is 10.5 Å².